The lowest BCUT2D eigenvalue weighted by Gasteiger charge is -2.18. The van der Waals surface area contributed by atoms with Crippen molar-refractivity contribution in [1.29, 1.82) is 0 Å². The van der Waals surface area contributed by atoms with Crippen molar-refractivity contribution in [2.45, 2.75) is 25.3 Å². The Morgan fingerprint density at radius 3 is 2.57 bits per heavy atom. The van der Waals surface area contributed by atoms with E-state index in [0.29, 0.717) is 6.04 Å². The van der Waals surface area contributed by atoms with Crippen LogP contribution in [0.25, 0.3) is 0 Å². The quantitative estimate of drug-likeness (QED) is 0.875. The average Bonchev–Trinajstić information content (AvgIpc) is 2.64. The Hall–Kier alpha value is 0.140. The zero-order chi connectivity index (χ0) is 9.71. The van der Waals surface area contributed by atoms with Gasteiger partial charge in [-0.05, 0) is 65.1 Å². The molecule has 0 radical (unpaired) electrons. The summed E-state index contributed by atoms with van der Waals surface area (Å²) >= 11 is 5.28. The van der Waals surface area contributed by atoms with Crippen LogP contribution in [-0.4, -0.2) is 0 Å². The summed E-state index contributed by atoms with van der Waals surface area (Å²) in [5.74, 6) is 2.83. The van der Waals surface area contributed by atoms with Crippen molar-refractivity contribution < 1.29 is 0 Å². The molecule has 1 aromatic rings. The summed E-state index contributed by atoms with van der Waals surface area (Å²) in [5.41, 5.74) is 6.29. The highest BCUT2D eigenvalue weighted by Crippen LogP contribution is 2.57. The fraction of sp³-hybridized carbons (Fsp3) is 0.636. The summed E-state index contributed by atoms with van der Waals surface area (Å²) in [6.45, 7) is 0. The van der Waals surface area contributed by atoms with Crippen LogP contribution in [0.2, 0.25) is 0 Å². The molecule has 1 heterocycles. The highest BCUT2D eigenvalue weighted by atomic mass is 79.9. The monoisotopic (exact) mass is 271 g/mol. The molecule has 3 rings (SSSR count). The van der Waals surface area contributed by atoms with Gasteiger partial charge in [-0.2, -0.15) is 0 Å². The summed E-state index contributed by atoms with van der Waals surface area (Å²) in [6.07, 6.45) is 4.24. The van der Waals surface area contributed by atoms with Gasteiger partial charge in [-0.3, -0.25) is 0 Å². The van der Waals surface area contributed by atoms with Gasteiger partial charge in [0.25, 0.3) is 0 Å². The van der Waals surface area contributed by atoms with Crippen molar-refractivity contribution in [3.05, 3.63) is 20.8 Å². The minimum atomic E-state index is 0.291. The largest absolute Gasteiger partial charge is 0.323 e. The highest BCUT2D eigenvalue weighted by Gasteiger charge is 2.47. The van der Waals surface area contributed by atoms with Gasteiger partial charge in [-0.1, -0.05) is 0 Å². The second kappa shape index (κ2) is 3.32. The van der Waals surface area contributed by atoms with Crippen LogP contribution in [0.5, 0.6) is 0 Å². The highest BCUT2D eigenvalue weighted by molar-refractivity contribution is 9.11. The Labute approximate surface area is 96.8 Å². The van der Waals surface area contributed by atoms with Crippen molar-refractivity contribution in [2.24, 2.45) is 23.5 Å². The van der Waals surface area contributed by atoms with Crippen LogP contribution < -0.4 is 5.73 Å². The zero-order valence-corrected chi connectivity index (χ0v) is 10.4. The van der Waals surface area contributed by atoms with Gasteiger partial charge < -0.3 is 5.73 Å². The first-order valence-corrected chi connectivity index (χ1v) is 6.86. The predicted molar refractivity (Wildman–Crippen MR) is 63.3 cm³/mol. The first-order chi connectivity index (χ1) is 6.74. The van der Waals surface area contributed by atoms with E-state index < -0.39 is 0 Å². The van der Waals surface area contributed by atoms with E-state index in [0.717, 1.165) is 17.8 Å². The van der Waals surface area contributed by atoms with E-state index in [4.69, 9.17) is 5.73 Å². The Morgan fingerprint density at radius 1 is 1.29 bits per heavy atom. The molecule has 1 nitrogen and oxygen atoms in total. The number of hydrogen-bond acceptors (Lipinski definition) is 2. The Kier molecular flexibility index (Phi) is 2.22. The third-order valence-corrected chi connectivity index (χ3v) is 5.44. The normalized spacial score (nSPS) is 36.9. The topological polar surface area (TPSA) is 26.0 Å². The van der Waals surface area contributed by atoms with Gasteiger partial charge in [-0.15, -0.1) is 11.3 Å². The lowest BCUT2D eigenvalue weighted by Crippen LogP contribution is -2.19. The van der Waals surface area contributed by atoms with Gasteiger partial charge in [0.1, 0.15) is 0 Å². The smallest absolute Gasteiger partial charge is 0.0701 e. The number of thiophene rings is 1. The SMILES string of the molecule is NC(c1ccc(Br)s1)C1CC2CC2C1. The second-order valence-electron chi connectivity index (χ2n) is 4.66. The van der Waals surface area contributed by atoms with E-state index in [1.54, 1.807) is 11.3 Å². The molecule has 0 spiro atoms. The fourth-order valence-electron chi connectivity index (χ4n) is 2.79. The van der Waals surface area contributed by atoms with Crippen LogP contribution >= 0.6 is 27.3 Å². The van der Waals surface area contributed by atoms with Crippen LogP contribution in [-0.2, 0) is 0 Å². The van der Waals surface area contributed by atoms with Crippen LogP contribution in [0.4, 0.5) is 0 Å². The Balaban J connectivity index is 1.72. The maximum atomic E-state index is 6.29. The second-order valence-corrected chi connectivity index (χ2v) is 7.15. The Bertz CT molecular complexity index is 339. The van der Waals surface area contributed by atoms with Crippen LogP contribution in [0, 0.1) is 17.8 Å². The molecule has 0 aromatic carbocycles. The molecule has 3 atom stereocenters. The molecule has 1 aromatic heterocycles. The van der Waals surface area contributed by atoms with Gasteiger partial charge in [0.2, 0.25) is 0 Å². The van der Waals surface area contributed by atoms with E-state index in [9.17, 15) is 0 Å². The van der Waals surface area contributed by atoms with Crippen LogP contribution in [0.15, 0.2) is 15.9 Å². The zero-order valence-electron chi connectivity index (χ0n) is 7.95. The Morgan fingerprint density at radius 2 is 2.00 bits per heavy atom. The van der Waals surface area contributed by atoms with Crippen molar-refractivity contribution in [1.82, 2.24) is 0 Å². The lowest BCUT2D eigenvalue weighted by atomic mass is 9.94. The average molecular weight is 272 g/mol. The van der Waals surface area contributed by atoms with E-state index in [1.165, 1.54) is 27.9 Å². The summed E-state index contributed by atoms with van der Waals surface area (Å²) in [6, 6.07) is 4.57. The first kappa shape index (κ1) is 9.37. The van der Waals surface area contributed by atoms with Crippen molar-refractivity contribution in [3.63, 3.8) is 0 Å². The van der Waals surface area contributed by atoms with Gasteiger partial charge in [-0.25, -0.2) is 0 Å². The molecule has 0 amide bonds. The third kappa shape index (κ3) is 1.55. The molecule has 2 N–H and O–H groups in total. The number of fused-ring (bicyclic) bond motifs is 1. The van der Waals surface area contributed by atoms with E-state index in [-0.39, 0.29) is 0 Å². The van der Waals surface area contributed by atoms with E-state index >= 15 is 0 Å². The minimum absolute atomic E-state index is 0.291. The van der Waals surface area contributed by atoms with Gasteiger partial charge >= 0.3 is 0 Å². The molecule has 3 heteroatoms. The summed E-state index contributed by atoms with van der Waals surface area (Å²) in [5, 5.41) is 0. The molecule has 76 valence electrons. The minimum Gasteiger partial charge on any atom is -0.323 e. The summed E-state index contributed by atoms with van der Waals surface area (Å²) in [7, 11) is 0. The molecule has 2 saturated carbocycles. The van der Waals surface area contributed by atoms with Crippen molar-refractivity contribution in [2.75, 3.05) is 0 Å². The number of rotatable bonds is 2. The molecule has 0 saturated heterocycles. The standard InChI is InChI=1S/C11H14BrNS/c12-10-2-1-9(14-10)11(13)8-4-6-3-7(6)5-8/h1-2,6-8,11H,3-5,13H2. The maximum Gasteiger partial charge on any atom is 0.0701 e. The number of hydrogen-bond donors (Lipinski definition) is 1. The van der Waals surface area contributed by atoms with Gasteiger partial charge in [0.15, 0.2) is 0 Å². The molecular formula is C11H14BrNS. The van der Waals surface area contributed by atoms with Crippen molar-refractivity contribution >= 4 is 27.3 Å². The molecule has 2 aliphatic rings. The molecular weight excluding hydrogens is 258 g/mol. The predicted octanol–water partition coefficient (Wildman–Crippen LogP) is 3.56. The third-order valence-electron chi connectivity index (χ3n) is 3.71. The molecule has 0 bridgehead atoms. The molecule has 2 aliphatic carbocycles. The first-order valence-electron chi connectivity index (χ1n) is 5.25. The van der Waals surface area contributed by atoms with Gasteiger partial charge in [0, 0.05) is 10.9 Å². The number of nitrogens with two attached hydrogens (primary N) is 1. The van der Waals surface area contributed by atoms with Crippen LogP contribution in [0.1, 0.15) is 30.2 Å². The van der Waals surface area contributed by atoms with Gasteiger partial charge in [0.05, 0.1) is 3.79 Å². The van der Waals surface area contributed by atoms with Crippen LogP contribution in [0.3, 0.4) is 0 Å². The van der Waals surface area contributed by atoms with Crippen molar-refractivity contribution in [3.8, 4) is 0 Å². The summed E-state index contributed by atoms with van der Waals surface area (Å²) < 4.78 is 1.20. The van der Waals surface area contributed by atoms with E-state index in [2.05, 4.69) is 28.1 Å². The maximum absolute atomic E-state index is 6.29. The summed E-state index contributed by atoms with van der Waals surface area (Å²) in [4.78, 5) is 1.35. The molecule has 3 unspecified atom stereocenters. The fourth-order valence-corrected chi connectivity index (χ4v) is 4.31. The number of halogens is 1. The molecule has 14 heavy (non-hydrogen) atoms. The molecule has 0 aliphatic heterocycles. The molecule has 2 fully saturated rings. The lowest BCUT2D eigenvalue weighted by molar-refractivity contribution is 0.408. The van der Waals surface area contributed by atoms with E-state index in [1.807, 2.05) is 0 Å².